The summed E-state index contributed by atoms with van der Waals surface area (Å²) in [6, 6.07) is 10.5. The molecule has 30 heavy (non-hydrogen) atoms. The average molecular weight is 474 g/mol. The highest BCUT2D eigenvalue weighted by Crippen LogP contribution is 2.27. The molecule has 9 heteroatoms. The number of fused-ring (bicyclic) bond motifs is 1. The van der Waals surface area contributed by atoms with E-state index in [4.69, 9.17) is 9.47 Å². The van der Waals surface area contributed by atoms with Crippen LogP contribution >= 0.6 is 15.9 Å². The summed E-state index contributed by atoms with van der Waals surface area (Å²) < 4.78 is 17.4. The van der Waals surface area contributed by atoms with E-state index < -0.39 is 5.97 Å². The Balaban J connectivity index is 1.95. The molecule has 3 rings (SSSR count). The van der Waals surface area contributed by atoms with Crippen molar-refractivity contribution in [2.45, 2.75) is 13.3 Å². The molecule has 156 valence electrons. The summed E-state index contributed by atoms with van der Waals surface area (Å²) in [6.45, 7) is 1.68. The fourth-order valence-corrected chi connectivity index (χ4v) is 3.11. The fraction of sp³-hybridized carbons (Fsp3) is 0.238. The molecule has 0 saturated carbocycles. The second-order valence-corrected chi connectivity index (χ2v) is 7.10. The van der Waals surface area contributed by atoms with E-state index in [1.54, 1.807) is 36.5 Å². The van der Waals surface area contributed by atoms with E-state index in [9.17, 15) is 9.59 Å². The van der Waals surface area contributed by atoms with Crippen LogP contribution in [-0.2, 0) is 16.0 Å². The van der Waals surface area contributed by atoms with Gasteiger partial charge < -0.3 is 14.2 Å². The first kappa shape index (κ1) is 21.5. The molecule has 0 saturated heterocycles. The molecule has 0 fully saturated rings. The van der Waals surface area contributed by atoms with Crippen molar-refractivity contribution >= 4 is 39.0 Å². The molecule has 0 aliphatic heterocycles. The number of nitrogens with zero attached hydrogens (tertiary/aromatic N) is 3. The normalized spacial score (nSPS) is 11.1. The highest BCUT2D eigenvalue weighted by molar-refractivity contribution is 9.10. The van der Waals surface area contributed by atoms with Gasteiger partial charge in [0.1, 0.15) is 5.82 Å². The van der Waals surface area contributed by atoms with E-state index in [-0.39, 0.29) is 12.2 Å². The van der Waals surface area contributed by atoms with Crippen LogP contribution in [0.4, 0.5) is 0 Å². The minimum absolute atomic E-state index is 0.228. The summed E-state index contributed by atoms with van der Waals surface area (Å²) in [6.07, 6.45) is 2.08. The van der Waals surface area contributed by atoms with Crippen molar-refractivity contribution in [3.63, 3.8) is 0 Å². The number of aryl methyl sites for hydroxylation is 1. The Labute approximate surface area is 181 Å². The summed E-state index contributed by atoms with van der Waals surface area (Å²) in [4.78, 5) is 28.7. The lowest BCUT2D eigenvalue weighted by molar-refractivity contribution is -0.142. The lowest BCUT2D eigenvalue weighted by Crippen LogP contribution is -2.22. The minimum atomic E-state index is -0.496. The van der Waals surface area contributed by atoms with Crippen LogP contribution in [0.15, 0.2) is 50.8 Å². The van der Waals surface area contributed by atoms with Crippen LogP contribution in [0.2, 0.25) is 0 Å². The van der Waals surface area contributed by atoms with Gasteiger partial charge in [-0.25, -0.2) is 9.78 Å². The number of halogens is 1. The van der Waals surface area contributed by atoms with E-state index in [2.05, 4.69) is 30.8 Å². The van der Waals surface area contributed by atoms with E-state index >= 15 is 0 Å². The number of rotatable bonds is 7. The zero-order chi connectivity index (χ0) is 21.7. The Morgan fingerprint density at radius 2 is 2.00 bits per heavy atom. The van der Waals surface area contributed by atoms with Gasteiger partial charge in [0.25, 0.3) is 5.56 Å². The Kier molecular flexibility index (Phi) is 6.83. The molecular weight excluding hydrogens is 454 g/mol. The molecule has 8 nitrogen and oxygen atoms in total. The van der Waals surface area contributed by atoms with Gasteiger partial charge in [0.05, 0.1) is 31.3 Å². The van der Waals surface area contributed by atoms with Gasteiger partial charge in [-0.05, 0) is 42.0 Å². The number of carbonyl (C=O) groups excluding carboxylic acids is 1. The predicted molar refractivity (Wildman–Crippen MR) is 117 cm³/mol. The average Bonchev–Trinajstić information content (AvgIpc) is 2.77. The molecule has 0 spiro atoms. The molecule has 0 bridgehead atoms. The highest BCUT2D eigenvalue weighted by Gasteiger charge is 2.11. The molecule has 0 amide bonds. The van der Waals surface area contributed by atoms with E-state index in [1.807, 2.05) is 13.0 Å². The second kappa shape index (κ2) is 9.53. The maximum absolute atomic E-state index is 12.9. The summed E-state index contributed by atoms with van der Waals surface area (Å²) >= 11 is 3.38. The summed E-state index contributed by atoms with van der Waals surface area (Å²) in [7, 11) is 2.78. The van der Waals surface area contributed by atoms with Crippen LogP contribution < -0.4 is 15.0 Å². The molecule has 2 aromatic carbocycles. The van der Waals surface area contributed by atoms with Crippen LogP contribution in [0.3, 0.4) is 0 Å². The zero-order valence-electron chi connectivity index (χ0n) is 16.7. The Morgan fingerprint density at radius 1 is 1.20 bits per heavy atom. The SMILES string of the molecule is CCc1nc2ccc(Br)cc2c(=O)n1N=Cc1ccc(OCC(=O)OC)c(OC)c1. The molecule has 1 aromatic heterocycles. The van der Waals surface area contributed by atoms with Crippen LogP contribution in [0.5, 0.6) is 11.5 Å². The minimum Gasteiger partial charge on any atom is -0.493 e. The molecule has 0 aliphatic carbocycles. The first-order valence-electron chi connectivity index (χ1n) is 9.10. The quantitative estimate of drug-likeness (QED) is 0.386. The van der Waals surface area contributed by atoms with Crippen LogP contribution in [-0.4, -0.2) is 42.7 Å². The monoisotopic (exact) mass is 473 g/mol. The van der Waals surface area contributed by atoms with Crippen molar-refractivity contribution in [1.82, 2.24) is 9.66 Å². The van der Waals surface area contributed by atoms with Gasteiger partial charge in [-0.2, -0.15) is 9.78 Å². The van der Waals surface area contributed by atoms with E-state index in [0.29, 0.717) is 40.2 Å². The van der Waals surface area contributed by atoms with Gasteiger partial charge in [-0.3, -0.25) is 4.79 Å². The third kappa shape index (κ3) is 4.68. The smallest absolute Gasteiger partial charge is 0.343 e. The molecular formula is C21H20BrN3O5. The summed E-state index contributed by atoms with van der Waals surface area (Å²) in [5.74, 6) is 0.871. The summed E-state index contributed by atoms with van der Waals surface area (Å²) in [5, 5.41) is 4.82. The number of ether oxygens (including phenoxy) is 3. The third-order valence-corrected chi connectivity index (χ3v) is 4.77. The number of aromatic nitrogens is 2. The van der Waals surface area contributed by atoms with Crippen LogP contribution in [0.25, 0.3) is 10.9 Å². The van der Waals surface area contributed by atoms with Crippen LogP contribution in [0, 0.1) is 0 Å². The van der Waals surface area contributed by atoms with E-state index in [0.717, 1.165) is 4.47 Å². The van der Waals surface area contributed by atoms with Gasteiger partial charge in [0.2, 0.25) is 0 Å². The molecule has 0 N–H and O–H groups in total. The number of esters is 1. The number of benzene rings is 2. The lowest BCUT2D eigenvalue weighted by atomic mass is 10.2. The molecule has 0 radical (unpaired) electrons. The number of carbonyl (C=O) groups is 1. The number of methoxy groups -OCH3 is 2. The second-order valence-electron chi connectivity index (χ2n) is 6.18. The maximum Gasteiger partial charge on any atom is 0.343 e. The summed E-state index contributed by atoms with van der Waals surface area (Å²) in [5.41, 5.74) is 1.06. The predicted octanol–water partition coefficient (Wildman–Crippen LogP) is 3.16. The third-order valence-electron chi connectivity index (χ3n) is 4.27. The van der Waals surface area contributed by atoms with Gasteiger partial charge in [0.15, 0.2) is 18.1 Å². The largest absolute Gasteiger partial charge is 0.493 e. The first-order chi connectivity index (χ1) is 14.5. The molecule has 1 heterocycles. The fourth-order valence-electron chi connectivity index (χ4n) is 2.75. The van der Waals surface area contributed by atoms with Crippen LogP contribution in [0.1, 0.15) is 18.3 Å². The molecule has 3 aromatic rings. The lowest BCUT2D eigenvalue weighted by Gasteiger charge is -2.10. The van der Waals surface area contributed by atoms with Crippen molar-refractivity contribution in [3.05, 3.63) is 62.6 Å². The Morgan fingerprint density at radius 3 is 2.70 bits per heavy atom. The molecule has 0 aliphatic rings. The molecule has 0 atom stereocenters. The van der Waals surface area contributed by atoms with Crippen molar-refractivity contribution < 1.29 is 19.0 Å². The number of hydrogen-bond acceptors (Lipinski definition) is 7. The van der Waals surface area contributed by atoms with Gasteiger partial charge >= 0.3 is 5.97 Å². The van der Waals surface area contributed by atoms with Crippen molar-refractivity contribution in [3.8, 4) is 11.5 Å². The standard InChI is InChI=1S/C21H20BrN3O5/c1-4-19-24-16-7-6-14(22)10-15(16)21(27)25(19)23-11-13-5-8-17(18(9-13)28-2)30-12-20(26)29-3/h5-11H,4,12H2,1-3H3. The molecule has 0 unspecified atom stereocenters. The van der Waals surface area contributed by atoms with Crippen molar-refractivity contribution in [2.75, 3.05) is 20.8 Å². The van der Waals surface area contributed by atoms with E-state index in [1.165, 1.54) is 18.9 Å². The highest BCUT2D eigenvalue weighted by atomic mass is 79.9. The first-order valence-corrected chi connectivity index (χ1v) is 9.89. The van der Waals surface area contributed by atoms with Crippen molar-refractivity contribution in [1.29, 1.82) is 0 Å². The Hall–Kier alpha value is -3.20. The topological polar surface area (TPSA) is 92.0 Å². The Bertz CT molecular complexity index is 1170. The van der Waals surface area contributed by atoms with Gasteiger partial charge in [-0.15, -0.1) is 0 Å². The van der Waals surface area contributed by atoms with Gasteiger partial charge in [0, 0.05) is 10.9 Å². The van der Waals surface area contributed by atoms with Crippen molar-refractivity contribution in [2.24, 2.45) is 5.10 Å². The number of hydrogen-bond donors (Lipinski definition) is 0. The maximum atomic E-state index is 12.9. The van der Waals surface area contributed by atoms with Gasteiger partial charge in [-0.1, -0.05) is 22.9 Å². The zero-order valence-corrected chi connectivity index (χ0v) is 18.3.